The van der Waals surface area contributed by atoms with Gasteiger partial charge in [0.15, 0.2) is 0 Å². The minimum absolute atomic E-state index is 0.441. The Morgan fingerprint density at radius 3 is 2.33 bits per heavy atom. The molecule has 0 aliphatic heterocycles. The Balaban J connectivity index is 3.00. The smallest absolute Gasteiger partial charge is 0.128 e. The maximum Gasteiger partial charge on any atom is 0.128 e. The van der Waals surface area contributed by atoms with Gasteiger partial charge in [0.25, 0.3) is 0 Å². The SMILES string of the molecule is CCN(CC)c1ccc([C@H](C)O)c(C)n1. The van der Waals surface area contributed by atoms with Crippen LogP contribution in [-0.2, 0) is 0 Å². The molecule has 0 aliphatic carbocycles. The number of aliphatic hydroxyl groups excluding tert-OH is 1. The second kappa shape index (κ2) is 5.12. The summed E-state index contributed by atoms with van der Waals surface area (Å²) in [7, 11) is 0. The average molecular weight is 208 g/mol. The first kappa shape index (κ1) is 12.0. The second-order valence-corrected chi connectivity index (χ2v) is 3.69. The Bertz CT molecular complexity index is 319. The number of aliphatic hydroxyl groups is 1. The fraction of sp³-hybridized carbons (Fsp3) is 0.583. The third-order valence-corrected chi connectivity index (χ3v) is 2.65. The van der Waals surface area contributed by atoms with Crippen molar-refractivity contribution in [3.05, 3.63) is 23.4 Å². The quantitative estimate of drug-likeness (QED) is 0.824. The fourth-order valence-corrected chi connectivity index (χ4v) is 1.72. The van der Waals surface area contributed by atoms with E-state index in [4.69, 9.17) is 0 Å². The van der Waals surface area contributed by atoms with Crippen LogP contribution < -0.4 is 4.90 Å². The lowest BCUT2D eigenvalue weighted by Crippen LogP contribution is -2.23. The molecule has 1 rings (SSSR count). The number of anilines is 1. The van der Waals surface area contributed by atoms with Gasteiger partial charge in [0.05, 0.1) is 6.10 Å². The average Bonchev–Trinajstić information content (AvgIpc) is 2.19. The lowest BCUT2D eigenvalue weighted by molar-refractivity contribution is 0.198. The molecular formula is C12H20N2O. The van der Waals surface area contributed by atoms with Gasteiger partial charge in [0.2, 0.25) is 0 Å². The maximum absolute atomic E-state index is 9.49. The molecule has 0 bridgehead atoms. The first-order chi connectivity index (χ1) is 7.10. The molecule has 0 aliphatic rings. The van der Waals surface area contributed by atoms with E-state index in [0.29, 0.717) is 0 Å². The normalized spacial score (nSPS) is 12.6. The first-order valence-electron chi connectivity index (χ1n) is 5.50. The van der Waals surface area contributed by atoms with Gasteiger partial charge < -0.3 is 10.0 Å². The molecule has 0 amide bonds. The monoisotopic (exact) mass is 208 g/mol. The summed E-state index contributed by atoms with van der Waals surface area (Å²) in [6, 6.07) is 3.93. The van der Waals surface area contributed by atoms with E-state index in [1.807, 2.05) is 19.1 Å². The molecule has 0 aromatic carbocycles. The zero-order valence-electron chi connectivity index (χ0n) is 9.99. The van der Waals surface area contributed by atoms with E-state index in [0.717, 1.165) is 30.2 Å². The highest BCUT2D eigenvalue weighted by Gasteiger charge is 2.09. The largest absolute Gasteiger partial charge is 0.389 e. The van der Waals surface area contributed by atoms with Crippen molar-refractivity contribution >= 4 is 5.82 Å². The van der Waals surface area contributed by atoms with Gasteiger partial charge in [-0.05, 0) is 33.8 Å². The Morgan fingerprint density at radius 2 is 1.93 bits per heavy atom. The van der Waals surface area contributed by atoms with Crippen LogP contribution in [0.2, 0.25) is 0 Å². The topological polar surface area (TPSA) is 36.4 Å². The van der Waals surface area contributed by atoms with E-state index in [9.17, 15) is 5.11 Å². The lowest BCUT2D eigenvalue weighted by atomic mass is 10.1. The van der Waals surface area contributed by atoms with E-state index in [1.54, 1.807) is 6.92 Å². The van der Waals surface area contributed by atoms with Crippen molar-refractivity contribution in [3.8, 4) is 0 Å². The molecule has 3 heteroatoms. The summed E-state index contributed by atoms with van der Waals surface area (Å²) in [6.45, 7) is 9.84. The van der Waals surface area contributed by atoms with Crippen LogP contribution >= 0.6 is 0 Å². The molecule has 1 atom stereocenters. The number of hydrogen-bond donors (Lipinski definition) is 1. The summed E-state index contributed by atoms with van der Waals surface area (Å²) < 4.78 is 0. The van der Waals surface area contributed by atoms with Crippen LogP contribution in [0, 0.1) is 6.92 Å². The third kappa shape index (κ3) is 2.69. The van der Waals surface area contributed by atoms with Gasteiger partial charge in [-0.1, -0.05) is 6.07 Å². The standard InChI is InChI=1S/C12H20N2O/c1-5-14(6-2)12-8-7-11(10(4)15)9(3)13-12/h7-8,10,15H,5-6H2,1-4H3/t10-/m0/s1. The molecule has 0 saturated carbocycles. The number of hydrogen-bond acceptors (Lipinski definition) is 3. The molecule has 0 radical (unpaired) electrons. The third-order valence-electron chi connectivity index (χ3n) is 2.65. The summed E-state index contributed by atoms with van der Waals surface area (Å²) in [6.07, 6.45) is -0.441. The van der Waals surface area contributed by atoms with Gasteiger partial charge in [0, 0.05) is 24.3 Å². The molecule has 1 N–H and O–H groups in total. The van der Waals surface area contributed by atoms with E-state index in [1.165, 1.54) is 0 Å². The van der Waals surface area contributed by atoms with Crippen molar-refractivity contribution in [2.45, 2.75) is 33.8 Å². The number of rotatable bonds is 4. The van der Waals surface area contributed by atoms with Gasteiger partial charge in [0.1, 0.15) is 5.82 Å². The molecule has 1 aromatic rings. The summed E-state index contributed by atoms with van der Waals surface area (Å²) in [5.41, 5.74) is 1.82. The zero-order valence-corrected chi connectivity index (χ0v) is 9.99. The van der Waals surface area contributed by atoms with Crippen LogP contribution in [0.15, 0.2) is 12.1 Å². The molecule has 1 aromatic heterocycles. The first-order valence-corrected chi connectivity index (χ1v) is 5.50. The Morgan fingerprint density at radius 1 is 1.33 bits per heavy atom. The summed E-state index contributed by atoms with van der Waals surface area (Å²) >= 11 is 0. The Labute approximate surface area is 91.8 Å². The van der Waals surface area contributed by atoms with E-state index < -0.39 is 6.10 Å². The van der Waals surface area contributed by atoms with Gasteiger partial charge in [-0.15, -0.1) is 0 Å². The van der Waals surface area contributed by atoms with Gasteiger partial charge in [-0.2, -0.15) is 0 Å². The molecule has 0 unspecified atom stereocenters. The van der Waals surface area contributed by atoms with Crippen molar-refractivity contribution in [1.82, 2.24) is 4.98 Å². The molecule has 1 heterocycles. The van der Waals surface area contributed by atoms with E-state index in [-0.39, 0.29) is 0 Å². The van der Waals surface area contributed by atoms with Crippen molar-refractivity contribution in [2.75, 3.05) is 18.0 Å². The Hall–Kier alpha value is -1.09. The van der Waals surface area contributed by atoms with Crippen LogP contribution in [0.25, 0.3) is 0 Å². The van der Waals surface area contributed by atoms with E-state index in [2.05, 4.69) is 23.7 Å². The molecule has 0 saturated heterocycles. The molecule has 84 valence electrons. The predicted octanol–water partition coefficient (Wildman–Crippen LogP) is 2.29. The molecule has 0 spiro atoms. The highest BCUT2D eigenvalue weighted by Crippen LogP contribution is 2.19. The summed E-state index contributed by atoms with van der Waals surface area (Å²) in [5.74, 6) is 0.988. The van der Waals surface area contributed by atoms with E-state index >= 15 is 0 Å². The van der Waals surface area contributed by atoms with Gasteiger partial charge in [-0.25, -0.2) is 4.98 Å². The minimum atomic E-state index is -0.441. The molecule has 15 heavy (non-hydrogen) atoms. The van der Waals surface area contributed by atoms with Crippen molar-refractivity contribution in [3.63, 3.8) is 0 Å². The van der Waals surface area contributed by atoms with Crippen molar-refractivity contribution in [1.29, 1.82) is 0 Å². The Kier molecular flexibility index (Phi) is 4.09. The van der Waals surface area contributed by atoms with Crippen LogP contribution in [0.4, 0.5) is 5.82 Å². The molecular weight excluding hydrogens is 188 g/mol. The van der Waals surface area contributed by atoms with Crippen molar-refractivity contribution < 1.29 is 5.11 Å². The minimum Gasteiger partial charge on any atom is -0.389 e. The second-order valence-electron chi connectivity index (χ2n) is 3.69. The van der Waals surface area contributed by atoms with Crippen molar-refractivity contribution in [2.24, 2.45) is 0 Å². The van der Waals surface area contributed by atoms with Gasteiger partial charge in [-0.3, -0.25) is 0 Å². The van der Waals surface area contributed by atoms with Crippen LogP contribution in [0.5, 0.6) is 0 Å². The molecule has 3 nitrogen and oxygen atoms in total. The predicted molar refractivity (Wildman–Crippen MR) is 63.2 cm³/mol. The number of aromatic nitrogens is 1. The highest BCUT2D eigenvalue weighted by atomic mass is 16.3. The number of pyridine rings is 1. The lowest BCUT2D eigenvalue weighted by Gasteiger charge is -2.21. The zero-order chi connectivity index (χ0) is 11.4. The van der Waals surface area contributed by atoms with Gasteiger partial charge >= 0.3 is 0 Å². The van der Waals surface area contributed by atoms with Crippen LogP contribution in [-0.4, -0.2) is 23.2 Å². The van der Waals surface area contributed by atoms with Crippen LogP contribution in [0.1, 0.15) is 38.1 Å². The maximum atomic E-state index is 9.49. The summed E-state index contributed by atoms with van der Waals surface area (Å²) in [4.78, 5) is 6.70. The summed E-state index contributed by atoms with van der Waals surface area (Å²) in [5, 5.41) is 9.49. The fourth-order valence-electron chi connectivity index (χ4n) is 1.72. The highest BCUT2D eigenvalue weighted by molar-refractivity contribution is 5.41. The van der Waals surface area contributed by atoms with Crippen LogP contribution in [0.3, 0.4) is 0 Å². The number of nitrogens with zero attached hydrogens (tertiary/aromatic N) is 2. The number of aryl methyl sites for hydroxylation is 1. The molecule has 0 fully saturated rings.